The van der Waals surface area contributed by atoms with Crippen LogP contribution in [0.15, 0.2) is 24.3 Å². The third-order valence-electron chi connectivity index (χ3n) is 3.49. The molecule has 0 spiro atoms. The van der Waals surface area contributed by atoms with E-state index in [1.165, 1.54) is 0 Å². The molecule has 2 N–H and O–H groups in total. The number of carbonyl (C=O) groups excluding carboxylic acids is 1. The van der Waals surface area contributed by atoms with Gasteiger partial charge in [0.05, 0.1) is 6.61 Å². The number of ether oxygens (including phenoxy) is 1. The summed E-state index contributed by atoms with van der Waals surface area (Å²) < 4.78 is 5.05. The predicted molar refractivity (Wildman–Crippen MR) is 75.1 cm³/mol. The van der Waals surface area contributed by atoms with Crippen molar-refractivity contribution < 1.29 is 9.53 Å². The van der Waals surface area contributed by atoms with Gasteiger partial charge in [-0.15, -0.1) is 0 Å². The number of methoxy groups -OCH3 is 1. The molecule has 104 valence electrons. The summed E-state index contributed by atoms with van der Waals surface area (Å²) in [4.78, 5) is 12.1. The summed E-state index contributed by atoms with van der Waals surface area (Å²) in [6.45, 7) is 3.70. The maximum absolute atomic E-state index is 12.1. The van der Waals surface area contributed by atoms with Gasteiger partial charge >= 0.3 is 0 Å². The average molecular weight is 262 g/mol. The highest BCUT2D eigenvalue weighted by Gasteiger charge is 2.20. The minimum absolute atomic E-state index is 0.0167. The molecule has 1 aliphatic heterocycles. The fraction of sp³-hybridized carbons (Fsp3) is 0.533. The second-order valence-electron chi connectivity index (χ2n) is 5.18. The van der Waals surface area contributed by atoms with E-state index in [1.807, 2.05) is 24.3 Å². The van der Waals surface area contributed by atoms with Crippen LogP contribution in [-0.4, -0.2) is 31.6 Å². The van der Waals surface area contributed by atoms with Gasteiger partial charge in [-0.05, 0) is 44.0 Å². The summed E-state index contributed by atoms with van der Waals surface area (Å²) >= 11 is 0. The maximum atomic E-state index is 12.1. The molecule has 2 unspecified atom stereocenters. The van der Waals surface area contributed by atoms with Crippen molar-refractivity contribution in [2.75, 3.05) is 13.7 Å². The predicted octanol–water partition coefficient (Wildman–Crippen LogP) is 1.70. The highest BCUT2D eigenvalue weighted by molar-refractivity contribution is 5.94. The van der Waals surface area contributed by atoms with E-state index < -0.39 is 0 Å². The lowest BCUT2D eigenvalue weighted by Gasteiger charge is -2.28. The summed E-state index contributed by atoms with van der Waals surface area (Å²) in [7, 11) is 1.67. The van der Waals surface area contributed by atoms with E-state index in [0.717, 1.165) is 24.9 Å². The van der Waals surface area contributed by atoms with E-state index in [9.17, 15) is 4.79 Å². The lowest BCUT2D eigenvalue weighted by molar-refractivity contribution is 0.0925. The second-order valence-corrected chi connectivity index (χ2v) is 5.18. The Balaban J connectivity index is 1.91. The molecule has 2 atom stereocenters. The first-order chi connectivity index (χ1) is 9.19. The molecule has 0 saturated carbocycles. The monoisotopic (exact) mass is 262 g/mol. The fourth-order valence-corrected chi connectivity index (χ4v) is 2.45. The Morgan fingerprint density at radius 2 is 2.16 bits per heavy atom. The molecular weight excluding hydrogens is 240 g/mol. The number of piperidine rings is 1. The van der Waals surface area contributed by atoms with Gasteiger partial charge in [-0.3, -0.25) is 4.79 Å². The van der Waals surface area contributed by atoms with Crippen LogP contribution >= 0.6 is 0 Å². The molecule has 1 aromatic carbocycles. The Bertz CT molecular complexity index is 417. The topological polar surface area (TPSA) is 50.4 Å². The SMILES string of the molecule is COCc1ccc(C(=O)NC2CCNC(C)C2)cc1. The minimum atomic E-state index is 0.0167. The molecular formula is C15H22N2O2. The lowest BCUT2D eigenvalue weighted by Crippen LogP contribution is -2.46. The number of benzene rings is 1. The molecule has 1 aromatic rings. The zero-order valence-corrected chi connectivity index (χ0v) is 11.6. The molecule has 0 aliphatic carbocycles. The number of amides is 1. The van der Waals surface area contributed by atoms with Gasteiger partial charge < -0.3 is 15.4 Å². The minimum Gasteiger partial charge on any atom is -0.380 e. The van der Waals surface area contributed by atoms with Crippen LogP contribution in [0.5, 0.6) is 0 Å². The first-order valence-corrected chi connectivity index (χ1v) is 6.81. The Hall–Kier alpha value is -1.39. The smallest absolute Gasteiger partial charge is 0.251 e. The van der Waals surface area contributed by atoms with Crippen molar-refractivity contribution >= 4 is 5.91 Å². The van der Waals surface area contributed by atoms with Crippen LogP contribution in [0.25, 0.3) is 0 Å². The zero-order chi connectivity index (χ0) is 13.7. The van der Waals surface area contributed by atoms with Crippen LogP contribution in [0.1, 0.15) is 35.7 Å². The molecule has 4 heteroatoms. The quantitative estimate of drug-likeness (QED) is 0.868. The van der Waals surface area contributed by atoms with E-state index in [0.29, 0.717) is 18.2 Å². The van der Waals surface area contributed by atoms with E-state index in [2.05, 4.69) is 17.6 Å². The lowest BCUT2D eigenvalue weighted by atomic mass is 10.00. The Labute approximate surface area is 114 Å². The van der Waals surface area contributed by atoms with Gasteiger partial charge in [-0.25, -0.2) is 0 Å². The summed E-state index contributed by atoms with van der Waals surface area (Å²) in [5.41, 5.74) is 1.79. The van der Waals surface area contributed by atoms with E-state index >= 15 is 0 Å². The second kappa shape index (κ2) is 6.68. The molecule has 2 rings (SSSR count). The van der Waals surface area contributed by atoms with Crippen molar-refractivity contribution in [1.82, 2.24) is 10.6 Å². The van der Waals surface area contributed by atoms with Gasteiger partial charge in [0.2, 0.25) is 0 Å². The van der Waals surface area contributed by atoms with Crippen LogP contribution in [0.3, 0.4) is 0 Å². The van der Waals surface area contributed by atoms with Crippen LogP contribution in [0.4, 0.5) is 0 Å². The molecule has 0 radical (unpaired) electrons. The number of hydrogen-bond acceptors (Lipinski definition) is 3. The van der Waals surface area contributed by atoms with Gasteiger partial charge in [0.1, 0.15) is 0 Å². The summed E-state index contributed by atoms with van der Waals surface area (Å²) in [6, 6.07) is 8.33. The summed E-state index contributed by atoms with van der Waals surface area (Å²) in [5, 5.41) is 6.49. The Morgan fingerprint density at radius 1 is 1.42 bits per heavy atom. The van der Waals surface area contributed by atoms with E-state index in [4.69, 9.17) is 4.74 Å². The Morgan fingerprint density at radius 3 is 2.79 bits per heavy atom. The number of carbonyl (C=O) groups is 1. The number of nitrogens with one attached hydrogen (secondary N) is 2. The van der Waals surface area contributed by atoms with Gasteiger partial charge in [0.25, 0.3) is 5.91 Å². The van der Waals surface area contributed by atoms with Crippen LogP contribution in [-0.2, 0) is 11.3 Å². The van der Waals surface area contributed by atoms with Gasteiger partial charge in [-0.1, -0.05) is 12.1 Å². The molecule has 0 aromatic heterocycles. The van der Waals surface area contributed by atoms with Gasteiger partial charge in [0, 0.05) is 24.8 Å². The molecule has 1 saturated heterocycles. The summed E-state index contributed by atoms with van der Waals surface area (Å²) in [6.07, 6.45) is 1.99. The number of hydrogen-bond donors (Lipinski definition) is 2. The average Bonchev–Trinajstić information content (AvgIpc) is 2.40. The highest BCUT2D eigenvalue weighted by Crippen LogP contribution is 2.10. The fourth-order valence-electron chi connectivity index (χ4n) is 2.45. The first-order valence-electron chi connectivity index (χ1n) is 6.81. The maximum Gasteiger partial charge on any atom is 0.251 e. The van der Waals surface area contributed by atoms with Crippen molar-refractivity contribution in [2.24, 2.45) is 0 Å². The van der Waals surface area contributed by atoms with Gasteiger partial charge in [0.15, 0.2) is 0 Å². The molecule has 0 bridgehead atoms. The standard InChI is InChI=1S/C15H22N2O2/c1-11-9-14(7-8-16-11)17-15(18)13-5-3-12(4-6-13)10-19-2/h3-6,11,14,16H,7-10H2,1-2H3,(H,17,18). The van der Waals surface area contributed by atoms with Crippen molar-refractivity contribution in [3.63, 3.8) is 0 Å². The number of rotatable bonds is 4. The van der Waals surface area contributed by atoms with Crippen molar-refractivity contribution in [3.8, 4) is 0 Å². The van der Waals surface area contributed by atoms with Crippen LogP contribution in [0.2, 0.25) is 0 Å². The van der Waals surface area contributed by atoms with E-state index in [-0.39, 0.29) is 11.9 Å². The largest absolute Gasteiger partial charge is 0.380 e. The van der Waals surface area contributed by atoms with Crippen molar-refractivity contribution in [2.45, 2.75) is 38.5 Å². The zero-order valence-electron chi connectivity index (χ0n) is 11.6. The molecule has 4 nitrogen and oxygen atoms in total. The summed E-state index contributed by atoms with van der Waals surface area (Å²) in [5.74, 6) is 0.0167. The third-order valence-corrected chi connectivity index (χ3v) is 3.49. The Kier molecular flexibility index (Phi) is 4.93. The molecule has 1 heterocycles. The first kappa shape index (κ1) is 14.0. The molecule has 1 amide bonds. The highest BCUT2D eigenvalue weighted by atomic mass is 16.5. The van der Waals surface area contributed by atoms with Crippen LogP contribution < -0.4 is 10.6 Å². The molecule has 1 fully saturated rings. The molecule has 19 heavy (non-hydrogen) atoms. The molecule has 1 aliphatic rings. The van der Waals surface area contributed by atoms with Crippen molar-refractivity contribution in [1.29, 1.82) is 0 Å². The van der Waals surface area contributed by atoms with Crippen LogP contribution in [0, 0.1) is 0 Å². The normalized spacial score (nSPS) is 23.1. The van der Waals surface area contributed by atoms with E-state index in [1.54, 1.807) is 7.11 Å². The van der Waals surface area contributed by atoms with Crippen molar-refractivity contribution in [3.05, 3.63) is 35.4 Å². The van der Waals surface area contributed by atoms with Gasteiger partial charge in [-0.2, -0.15) is 0 Å². The third kappa shape index (κ3) is 4.04.